The lowest BCUT2D eigenvalue weighted by atomic mass is 9.78. The Hall–Kier alpha value is -1.51. The molecule has 8 heteroatoms. The van der Waals surface area contributed by atoms with Crippen molar-refractivity contribution in [2.75, 3.05) is 6.54 Å². The minimum absolute atomic E-state index is 0.0607. The third-order valence-electron chi connectivity index (χ3n) is 3.50. The molecule has 7 nitrogen and oxygen atoms in total. The number of nitrogens with two attached hydrogens (primary N) is 1. The largest absolute Gasteiger partial charge is 0.324 e. The van der Waals surface area contributed by atoms with Crippen LogP contribution >= 0.6 is 0 Å². The van der Waals surface area contributed by atoms with Gasteiger partial charge in [-0.1, -0.05) is 12.1 Å². The zero-order chi connectivity index (χ0) is 14.8. The van der Waals surface area contributed by atoms with Crippen molar-refractivity contribution in [2.24, 2.45) is 5.73 Å². The van der Waals surface area contributed by atoms with E-state index >= 15 is 0 Å². The number of rotatable bonds is 6. The van der Waals surface area contributed by atoms with Crippen molar-refractivity contribution < 1.29 is 13.3 Å². The van der Waals surface area contributed by atoms with E-state index in [1.807, 2.05) is 0 Å². The fraction of sp³-hybridized carbons (Fsp3) is 0.500. The normalized spacial score (nSPS) is 17.4. The van der Waals surface area contributed by atoms with Gasteiger partial charge in [0.15, 0.2) is 0 Å². The lowest BCUT2D eigenvalue weighted by Gasteiger charge is -2.38. The molecule has 0 amide bonds. The van der Waals surface area contributed by atoms with Crippen LogP contribution in [0.5, 0.6) is 0 Å². The quantitative estimate of drug-likeness (QED) is 0.598. The second-order valence-electron chi connectivity index (χ2n) is 5.22. The molecule has 0 bridgehead atoms. The Balaban J connectivity index is 1.95. The Morgan fingerprint density at radius 1 is 1.30 bits per heavy atom. The molecular formula is C12H17N3O4S. The summed E-state index contributed by atoms with van der Waals surface area (Å²) in [5, 5.41) is 10.5. The van der Waals surface area contributed by atoms with Crippen LogP contribution < -0.4 is 10.5 Å². The second kappa shape index (κ2) is 5.47. The number of nitrogens with one attached hydrogen (secondary N) is 1. The zero-order valence-corrected chi connectivity index (χ0v) is 11.7. The standard InChI is InChI=1S/C12H17N3O4S/c13-12(6-1-7-12)9-14-20(18,19)8-10-2-4-11(5-3-10)15(16)17/h2-5,14H,1,6-9,13H2. The number of sulfonamides is 1. The fourth-order valence-corrected chi connectivity index (χ4v) is 3.29. The first-order chi connectivity index (χ1) is 9.30. The lowest BCUT2D eigenvalue weighted by molar-refractivity contribution is -0.384. The summed E-state index contributed by atoms with van der Waals surface area (Å²) in [5.41, 5.74) is 5.98. The Bertz CT molecular complexity index is 594. The molecule has 20 heavy (non-hydrogen) atoms. The van der Waals surface area contributed by atoms with Gasteiger partial charge in [0.25, 0.3) is 5.69 Å². The van der Waals surface area contributed by atoms with Crippen molar-refractivity contribution >= 4 is 15.7 Å². The molecule has 1 aromatic rings. The van der Waals surface area contributed by atoms with Gasteiger partial charge >= 0.3 is 0 Å². The molecule has 0 spiro atoms. The molecule has 3 N–H and O–H groups in total. The molecule has 1 aliphatic carbocycles. The van der Waals surface area contributed by atoms with Crippen LogP contribution in [0.4, 0.5) is 5.69 Å². The summed E-state index contributed by atoms with van der Waals surface area (Å²) in [5.74, 6) is -0.207. The van der Waals surface area contributed by atoms with E-state index < -0.39 is 20.5 Å². The van der Waals surface area contributed by atoms with Gasteiger partial charge in [-0.05, 0) is 24.8 Å². The first kappa shape index (κ1) is 14.9. The molecule has 0 saturated heterocycles. The van der Waals surface area contributed by atoms with Gasteiger partial charge in [0, 0.05) is 24.2 Å². The number of nitro benzene ring substituents is 1. The van der Waals surface area contributed by atoms with Crippen LogP contribution in [0, 0.1) is 10.1 Å². The van der Waals surface area contributed by atoms with Crippen LogP contribution in [0.1, 0.15) is 24.8 Å². The summed E-state index contributed by atoms with van der Waals surface area (Å²) in [4.78, 5) is 9.99. The Morgan fingerprint density at radius 3 is 2.35 bits per heavy atom. The monoisotopic (exact) mass is 299 g/mol. The fourth-order valence-electron chi connectivity index (χ4n) is 2.05. The highest BCUT2D eigenvalue weighted by molar-refractivity contribution is 7.88. The van der Waals surface area contributed by atoms with Gasteiger partial charge in [0.2, 0.25) is 10.0 Å². The Morgan fingerprint density at radius 2 is 1.90 bits per heavy atom. The SMILES string of the molecule is NC1(CNS(=O)(=O)Cc2ccc([N+](=O)[O-])cc2)CCC1. The molecular weight excluding hydrogens is 282 g/mol. The summed E-state index contributed by atoms with van der Waals surface area (Å²) in [6, 6.07) is 5.47. The van der Waals surface area contributed by atoms with E-state index in [9.17, 15) is 18.5 Å². The van der Waals surface area contributed by atoms with Crippen LogP contribution in [-0.2, 0) is 15.8 Å². The number of nitro groups is 1. The van der Waals surface area contributed by atoms with E-state index in [0.717, 1.165) is 19.3 Å². The van der Waals surface area contributed by atoms with Gasteiger partial charge in [-0.15, -0.1) is 0 Å². The molecule has 0 aromatic heterocycles. The average molecular weight is 299 g/mol. The molecule has 110 valence electrons. The number of hydrogen-bond acceptors (Lipinski definition) is 5. The van der Waals surface area contributed by atoms with Crippen LogP contribution in [0.15, 0.2) is 24.3 Å². The first-order valence-electron chi connectivity index (χ1n) is 6.29. The van der Waals surface area contributed by atoms with Crippen molar-refractivity contribution in [3.05, 3.63) is 39.9 Å². The molecule has 1 aliphatic rings. The predicted octanol–water partition coefficient (Wildman–Crippen LogP) is 0.896. The molecule has 0 aliphatic heterocycles. The smallest absolute Gasteiger partial charge is 0.269 e. The highest BCUT2D eigenvalue weighted by Gasteiger charge is 2.33. The van der Waals surface area contributed by atoms with Crippen LogP contribution in [0.25, 0.3) is 0 Å². The van der Waals surface area contributed by atoms with Crippen LogP contribution in [0.2, 0.25) is 0 Å². The average Bonchev–Trinajstić information content (AvgIpc) is 2.34. The molecule has 0 heterocycles. The summed E-state index contributed by atoms with van der Waals surface area (Å²) in [7, 11) is -3.48. The van der Waals surface area contributed by atoms with E-state index in [2.05, 4.69) is 4.72 Å². The third kappa shape index (κ3) is 3.75. The van der Waals surface area contributed by atoms with Gasteiger partial charge in [0.1, 0.15) is 0 Å². The van der Waals surface area contributed by atoms with E-state index in [-0.39, 0.29) is 18.0 Å². The molecule has 1 saturated carbocycles. The minimum Gasteiger partial charge on any atom is -0.324 e. The third-order valence-corrected chi connectivity index (χ3v) is 4.79. The van der Waals surface area contributed by atoms with Crippen molar-refractivity contribution in [2.45, 2.75) is 30.6 Å². The molecule has 2 rings (SSSR count). The van der Waals surface area contributed by atoms with Gasteiger partial charge in [0.05, 0.1) is 10.7 Å². The molecule has 0 atom stereocenters. The van der Waals surface area contributed by atoms with Crippen molar-refractivity contribution in [1.82, 2.24) is 4.72 Å². The van der Waals surface area contributed by atoms with Crippen LogP contribution in [0.3, 0.4) is 0 Å². The highest BCUT2D eigenvalue weighted by Crippen LogP contribution is 2.28. The summed E-state index contributed by atoms with van der Waals surface area (Å²) in [6.07, 6.45) is 2.68. The molecule has 0 unspecified atom stereocenters. The van der Waals surface area contributed by atoms with Gasteiger partial charge < -0.3 is 5.73 Å². The lowest BCUT2D eigenvalue weighted by Crippen LogP contribution is -2.54. The van der Waals surface area contributed by atoms with Crippen LogP contribution in [-0.4, -0.2) is 25.4 Å². The Kier molecular flexibility index (Phi) is 4.07. The molecule has 1 aromatic carbocycles. The Labute approximate surface area is 117 Å². The highest BCUT2D eigenvalue weighted by atomic mass is 32.2. The second-order valence-corrected chi connectivity index (χ2v) is 7.03. The molecule has 0 radical (unpaired) electrons. The molecule has 1 fully saturated rings. The topological polar surface area (TPSA) is 115 Å². The number of benzene rings is 1. The summed E-state index contributed by atoms with van der Waals surface area (Å²) in [6.45, 7) is 0.238. The van der Waals surface area contributed by atoms with Gasteiger partial charge in [-0.3, -0.25) is 10.1 Å². The maximum atomic E-state index is 11.9. The predicted molar refractivity (Wildman–Crippen MR) is 74.5 cm³/mol. The maximum Gasteiger partial charge on any atom is 0.269 e. The number of non-ortho nitro benzene ring substituents is 1. The van der Waals surface area contributed by atoms with Crippen molar-refractivity contribution in [3.63, 3.8) is 0 Å². The summed E-state index contributed by atoms with van der Waals surface area (Å²) >= 11 is 0. The zero-order valence-electron chi connectivity index (χ0n) is 10.9. The van der Waals surface area contributed by atoms with E-state index in [1.54, 1.807) is 0 Å². The van der Waals surface area contributed by atoms with E-state index in [4.69, 9.17) is 5.73 Å². The van der Waals surface area contributed by atoms with E-state index in [1.165, 1.54) is 24.3 Å². The first-order valence-corrected chi connectivity index (χ1v) is 7.94. The maximum absolute atomic E-state index is 11.9. The van der Waals surface area contributed by atoms with E-state index in [0.29, 0.717) is 5.56 Å². The van der Waals surface area contributed by atoms with Gasteiger partial charge in [-0.25, -0.2) is 13.1 Å². The van der Waals surface area contributed by atoms with Crippen molar-refractivity contribution in [1.29, 1.82) is 0 Å². The van der Waals surface area contributed by atoms with Gasteiger partial charge in [-0.2, -0.15) is 0 Å². The number of hydrogen-bond donors (Lipinski definition) is 2. The van der Waals surface area contributed by atoms with Crippen molar-refractivity contribution in [3.8, 4) is 0 Å². The minimum atomic E-state index is -3.48. The summed E-state index contributed by atoms with van der Waals surface area (Å²) < 4.78 is 26.3. The number of nitrogens with zero attached hydrogens (tertiary/aromatic N) is 1.